The number of nitro benzene ring substituents is 1. The molecule has 3 aromatic rings. The molecule has 11 heteroatoms. The number of rotatable bonds is 6. The Morgan fingerprint density at radius 1 is 1.12 bits per heavy atom. The monoisotopic (exact) mass is 460 g/mol. The van der Waals surface area contributed by atoms with Crippen molar-refractivity contribution in [2.45, 2.75) is 30.3 Å². The summed E-state index contributed by atoms with van der Waals surface area (Å²) in [4.78, 5) is 24.9. The SMILES string of the molecule is O=C(Cn1ccc2cc([N+](=O)[O-])ccc21)N1CCC(NS(=O)(=O)c2ccc(F)cc2)CC1. The first-order valence-electron chi connectivity index (χ1n) is 10.0. The van der Waals surface area contributed by atoms with Crippen LogP contribution in [0.5, 0.6) is 0 Å². The lowest BCUT2D eigenvalue weighted by atomic mass is 10.1. The summed E-state index contributed by atoms with van der Waals surface area (Å²) in [5.41, 5.74) is 0.720. The number of fused-ring (bicyclic) bond motifs is 1. The van der Waals surface area contributed by atoms with E-state index in [2.05, 4.69) is 4.72 Å². The van der Waals surface area contributed by atoms with Gasteiger partial charge < -0.3 is 9.47 Å². The fourth-order valence-corrected chi connectivity index (χ4v) is 5.14. The molecule has 1 fully saturated rings. The van der Waals surface area contributed by atoms with Gasteiger partial charge in [-0.3, -0.25) is 14.9 Å². The lowest BCUT2D eigenvalue weighted by Crippen LogP contribution is -2.47. The molecule has 1 N–H and O–H groups in total. The van der Waals surface area contributed by atoms with Gasteiger partial charge in [0.2, 0.25) is 15.9 Å². The largest absolute Gasteiger partial charge is 0.341 e. The second-order valence-corrected chi connectivity index (χ2v) is 9.39. The van der Waals surface area contributed by atoms with Gasteiger partial charge in [-0.15, -0.1) is 0 Å². The molecule has 0 atom stereocenters. The van der Waals surface area contributed by atoms with Crippen LogP contribution in [-0.4, -0.2) is 47.8 Å². The molecule has 1 aliphatic heterocycles. The van der Waals surface area contributed by atoms with E-state index in [4.69, 9.17) is 0 Å². The summed E-state index contributed by atoms with van der Waals surface area (Å²) in [6, 6.07) is 10.5. The molecule has 1 aromatic heterocycles. The Morgan fingerprint density at radius 3 is 2.47 bits per heavy atom. The second kappa shape index (κ2) is 8.67. The van der Waals surface area contributed by atoms with Crippen LogP contribution < -0.4 is 4.72 Å². The Hall–Kier alpha value is -3.31. The fraction of sp³-hybridized carbons (Fsp3) is 0.286. The van der Waals surface area contributed by atoms with Crippen LogP contribution in [0.25, 0.3) is 10.9 Å². The number of carbonyl (C=O) groups excluding carboxylic acids is 1. The number of nitrogens with one attached hydrogen (secondary N) is 1. The topological polar surface area (TPSA) is 115 Å². The third kappa shape index (κ3) is 4.63. The zero-order valence-electron chi connectivity index (χ0n) is 17.0. The minimum atomic E-state index is -3.76. The van der Waals surface area contributed by atoms with Crippen molar-refractivity contribution in [2.75, 3.05) is 13.1 Å². The van der Waals surface area contributed by atoms with Crippen LogP contribution in [-0.2, 0) is 21.4 Å². The third-order valence-corrected chi connectivity index (χ3v) is 7.10. The van der Waals surface area contributed by atoms with E-state index in [0.29, 0.717) is 31.3 Å². The number of nitro groups is 1. The molecule has 4 rings (SSSR count). The van der Waals surface area contributed by atoms with E-state index >= 15 is 0 Å². The number of sulfonamides is 1. The highest BCUT2D eigenvalue weighted by molar-refractivity contribution is 7.89. The number of carbonyl (C=O) groups is 1. The smallest absolute Gasteiger partial charge is 0.270 e. The Morgan fingerprint density at radius 2 is 1.81 bits per heavy atom. The highest BCUT2D eigenvalue weighted by Gasteiger charge is 2.27. The summed E-state index contributed by atoms with van der Waals surface area (Å²) in [5.74, 6) is -0.620. The minimum absolute atomic E-state index is 0.00266. The Kier molecular flexibility index (Phi) is 5.94. The number of hydrogen-bond donors (Lipinski definition) is 1. The zero-order valence-corrected chi connectivity index (χ0v) is 17.8. The van der Waals surface area contributed by atoms with Crippen molar-refractivity contribution in [3.05, 3.63) is 70.7 Å². The molecule has 0 unspecified atom stereocenters. The number of amides is 1. The molecule has 32 heavy (non-hydrogen) atoms. The number of likely N-dealkylation sites (tertiary alicyclic amines) is 1. The minimum Gasteiger partial charge on any atom is -0.341 e. The van der Waals surface area contributed by atoms with Crippen LogP contribution in [0.1, 0.15) is 12.8 Å². The highest BCUT2D eigenvalue weighted by atomic mass is 32.2. The van der Waals surface area contributed by atoms with Crippen molar-refractivity contribution in [2.24, 2.45) is 0 Å². The summed E-state index contributed by atoms with van der Waals surface area (Å²) in [5, 5.41) is 11.6. The summed E-state index contributed by atoms with van der Waals surface area (Å²) in [7, 11) is -3.76. The number of nitrogens with zero attached hydrogens (tertiary/aromatic N) is 3. The standard InChI is InChI=1S/C21H21FN4O5S/c22-16-1-4-19(5-2-16)32(30,31)23-17-8-11-24(12-9-17)21(27)14-25-10-7-15-13-18(26(28)29)3-6-20(15)25/h1-7,10,13,17,23H,8-9,11-12,14H2. The van der Waals surface area contributed by atoms with Crippen LogP contribution >= 0.6 is 0 Å². The molecule has 1 aliphatic rings. The number of benzene rings is 2. The summed E-state index contributed by atoms with van der Waals surface area (Å²) >= 11 is 0. The van der Waals surface area contributed by atoms with E-state index in [9.17, 15) is 27.7 Å². The average Bonchev–Trinajstić information content (AvgIpc) is 3.16. The zero-order chi connectivity index (χ0) is 22.9. The van der Waals surface area contributed by atoms with Crippen LogP contribution in [0.2, 0.25) is 0 Å². The quantitative estimate of drug-likeness (QED) is 0.449. The normalized spacial score (nSPS) is 15.2. The van der Waals surface area contributed by atoms with E-state index in [1.54, 1.807) is 27.8 Å². The molecule has 0 saturated carbocycles. The van der Waals surface area contributed by atoms with Gasteiger partial charge in [-0.25, -0.2) is 17.5 Å². The van der Waals surface area contributed by atoms with Gasteiger partial charge in [0.25, 0.3) is 5.69 Å². The number of piperidine rings is 1. The van der Waals surface area contributed by atoms with E-state index < -0.39 is 20.8 Å². The predicted molar refractivity (Wildman–Crippen MR) is 115 cm³/mol. The van der Waals surface area contributed by atoms with Gasteiger partial charge >= 0.3 is 0 Å². The van der Waals surface area contributed by atoms with E-state index in [1.165, 1.54) is 24.3 Å². The Labute approximate surface area is 183 Å². The number of non-ortho nitro benzene ring substituents is 1. The third-order valence-electron chi connectivity index (χ3n) is 5.56. The van der Waals surface area contributed by atoms with Crippen molar-refractivity contribution in [1.29, 1.82) is 0 Å². The second-order valence-electron chi connectivity index (χ2n) is 7.67. The molecule has 0 spiro atoms. The summed E-state index contributed by atoms with van der Waals surface area (Å²) in [6.07, 6.45) is 2.64. The van der Waals surface area contributed by atoms with Gasteiger partial charge in [0.15, 0.2) is 0 Å². The summed E-state index contributed by atoms with van der Waals surface area (Å²) in [6.45, 7) is 0.896. The van der Waals surface area contributed by atoms with Crippen molar-refractivity contribution in [3.8, 4) is 0 Å². The van der Waals surface area contributed by atoms with Gasteiger partial charge in [0, 0.05) is 48.4 Å². The first kappa shape index (κ1) is 21.9. The van der Waals surface area contributed by atoms with E-state index in [1.807, 2.05) is 0 Å². The molecule has 1 saturated heterocycles. The van der Waals surface area contributed by atoms with Crippen LogP contribution in [0.4, 0.5) is 10.1 Å². The van der Waals surface area contributed by atoms with Crippen molar-refractivity contribution in [3.63, 3.8) is 0 Å². The fourth-order valence-electron chi connectivity index (χ4n) is 3.83. The molecular formula is C21H21FN4O5S. The van der Waals surface area contributed by atoms with Gasteiger partial charge in [-0.05, 0) is 49.2 Å². The van der Waals surface area contributed by atoms with Gasteiger partial charge in [0.1, 0.15) is 12.4 Å². The molecule has 9 nitrogen and oxygen atoms in total. The lowest BCUT2D eigenvalue weighted by Gasteiger charge is -2.32. The molecule has 0 bridgehead atoms. The molecule has 0 aliphatic carbocycles. The maximum atomic E-state index is 13.0. The summed E-state index contributed by atoms with van der Waals surface area (Å²) < 4.78 is 42.3. The first-order chi connectivity index (χ1) is 15.2. The van der Waals surface area contributed by atoms with Crippen molar-refractivity contribution in [1.82, 2.24) is 14.2 Å². The van der Waals surface area contributed by atoms with Crippen molar-refractivity contribution < 1.29 is 22.5 Å². The number of halogens is 1. The molecule has 168 valence electrons. The molecular weight excluding hydrogens is 439 g/mol. The van der Waals surface area contributed by atoms with Gasteiger partial charge in [-0.1, -0.05) is 0 Å². The molecule has 2 aromatic carbocycles. The lowest BCUT2D eigenvalue weighted by molar-refractivity contribution is -0.384. The molecule has 1 amide bonds. The van der Waals surface area contributed by atoms with Crippen molar-refractivity contribution >= 4 is 32.5 Å². The van der Waals surface area contributed by atoms with Crippen LogP contribution in [0, 0.1) is 15.9 Å². The van der Waals surface area contributed by atoms with Gasteiger partial charge in [0.05, 0.1) is 9.82 Å². The number of aromatic nitrogens is 1. The Bertz CT molecular complexity index is 1270. The molecule has 2 heterocycles. The van der Waals surface area contributed by atoms with E-state index in [0.717, 1.165) is 17.6 Å². The van der Waals surface area contributed by atoms with E-state index in [-0.39, 0.29) is 29.1 Å². The number of hydrogen-bond acceptors (Lipinski definition) is 5. The van der Waals surface area contributed by atoms with Crippen LogP contribution in [0.3, 0.4) is 0 Å². The maximum Gasteiger partial charge on any atom is 0.270 e. The predicted octanol–water partition coefficient (Wildman–Crippen LogP) is 2.66. The highest BCUT2D eigenvalue weighted by Crippen LogP contribution is 2.22. The maximum absolute atomic E-state index is 13.0. The Balaban J connectivity index is 1.35. The van der Waals surface area contributed by atoms with Gasteiger partial charge in [-0.2, -0.15) is 0 Å². The molecule has 0 radical (unpaired) electrons. The average molecular weight is 460 g/mol. The van der Waals surface area contributed by atoms with Crippen LogP contribution in [0.15, 0.2) is 59.6 Å². The first-order valence-corrected chi connectivity index (χ1v) is 11.5.